The summed E-state index contributed by atoms with van der Waals surface area (Å²) in [5.41, 5.74) is 3.45. The molecule has 1 amide bonds. The highest BCUT2D eigenvalue weighted by Gasteiger charge is 2.39. The van der Waals surface area contributed by atoms with E-state index in [1.54, 1.807) is 7.11 Å². The van der Waals surface area contributed by atoms with Crippen LogP contribution in [0.5, 0.6) is 11.5 Å². The number of nitrogens with one attached hydrogen (secondary N) is 2. The number of rotatable bonds is 11. The third-order valence-corrected chi connectivity index (χ3v) is 6.11. The zero-order valence-electron chi connectivity index (χ0n) is 17.8. The number of carbonyl (C=O) groups excluding carboxylic acids is 1. The van der Waals surface area contributed by atoms with Crippen molar-refractivity contribution in [2.24, 2.45) is 5.92 Å². The van der Waals surface area contributed by atoms with E-state index in [9.17, 15) is 4.79 Å². The summed E-state index contributed by atoms with van der Waals surface area (Å²) in [5.74, 6) is 3.32. The second-order valence-corrected chi connectivity index (χ2v) is 8.32. The molecule has 0 bridgehead atoms. The van der Waals surface area contributed by atoms with Crippen LogP contribution >= 0.6 is 0 Å². The molecule has 5 nitrogen and oxygen atoms in total. The van der Waals surface area contributed by atoms with Crippen molar-refractivity contribution in [3.8, 4) is 11.5 Å². The summed E-state index contributed by atoms with van der Waals surface area (Å²) < 4.78 is 11.4. The smallest absolute Gasteiger partial charge is 0.224 e. The molecule has 0 aromatic heterocycles. The van der Waals surface area contributed by atoms with Gasteiger partial charge in [-0.15, -0.1) is 0 Å². The Morgan fingerprint density at radius 3 is 2.90 bits per heavy atom. The van der Waals surface area contributed by atoms with Gasteiger partial charge in [-0.25, -0.2) is 0 Å². The summed E-state index contributed by atoms with van der Waals surface area (Å²) in [7, 11) is 1.75. The van der Waals surface area contributed by atoms with Crippen molar-refractivity contribution in [1.82, 2.24) is 5.32 Å². The molecule has 1 aliphatic carbocycles. The van der Waals surface area contributed by atoms with Crippen LogP contribution in [0.4, 0.5) is 5.69 Å². The predicted molar refractivity (Wildman–Crippen MR) is 119 cm³/mol. The van der Waals surface area contributed by atoms with Crippen molar-refractivity contribution < 1.29 is 14.3 Å². The maximum Gasteiger partial charge on any atom is 0.224 e. The molecule has 2 N–H and O–H groups in total. The monoisotopic (exact) mass is 408 g/mol. The Balaban J connectivity index is 1.06. The summed E-state index contributed by atoms with van der Waals surface area (Å²) in [4.78, 5) is 11.5. The van der Waals surface area contributed by atoms with Crippen molar-refractivity contribution >= 4 is 11.6 Å². The van der Waals surface area contributed by atoms with Gasteiger partial charge in [0.05, 0.1) is 13.7 Å². The third-order valence-electron chi connectivity index (χ3n) is 6.11. The van der Waals surface area contributed by atoms with Gasteiger partial charge >= 0.3 is 0 Å². The molecule has 2 aliphatic rings. The van der Waals surface area contributed by atoms with E-state index in [0.29, 0.717) is 18.9 Å². The van der Waals surface area contributed by atoms with Crippen molar-refractivity contribution in [3.63, 3.8) is 0 Å². The zero-order chi connectivity index (χ0) is 20.8. The Morgan fingerprint density at radius 1 is 1.10 bits per heavy atom. The number of aryl methyl sites for hydroxylation is 1. The van der Waals surface area contributed by atoms with Crippen LogP contribution in [-0.2, 0) is 11.2 Å². The van der Waals surface area contributed by atoms with Gasteiger partial charge in [0.25, 0.3) is 0 Å². The number of para-hydroxylation sites is 1. The second kappa shape index (κ2) is 9.98. The lowest BCUT2D eigenvalue weighted by molar-refractivity contribution is -0.116. The van der Waals surface area contributed by atoms with Crippen LogP contribution in [0.1, 0.15) is 49.1 Å². The summed E-state index contributed by atoms with van der Waals surface area (Å²) in [5, 5.41) is 6.53. The number of methoxy groups -OCH3 is 1. The molecule has 5 heteroatoms. The predicted octanol–water partition coefficient (Wildman–Crippen LogP) is 4.52. The number of ether oxygens (including phenoxy) is 2. The Hall–Kier alpha value is -2.53. The van der Waals surface area contributed by atoms with Crippen LogP contribution < -0.4 is 20.1 Å². The first-order chi connectivity index (χ1) is 14.7. The summed E-state index contributed by atoms with van der Waals surface area (Å²) >= 11 is 0. The summed E-state index contributed by atoms with van der Waals surface area (Å²) in [6, 6.07) is 14.4. The van der Waals surface area contributed by atoms with Crippen molar-refractivity contribution in [3.05, 3.63) is 53.6 Å². The molecule has 2 atom stereocenters. The molecule has 0 radical (unpaired) electrons. The van der Waals surface area contributed by atoms with Crippen LogP contribution in [0, 0.1) is 5.92 Å². The molecule has 0 spiro atoms. The minimum absolute atomic E-state index is 0.0903. The largest absolute Gasteiger partial charge is 0.496 e. The SMILES string of the molecule is COc1ccccc1C1CC1CNCCCCCOc1ccc2c(c1)NC(=O)CC2. The number of anilines is 1. The second-order valence-electron chi connectivity index (χ2n) is 8.32. The van der Waals surface area contributed by atoms with Crippen LogP contribution in [0.15, 0.2) is 42.5 Å². The molecule has 30 heavy (non-hydrogen) atoms. The molecule has 1 saturated carbocycles. The standard InChI is InChI=1S/C25H32N2O3/c1-29-24-8-4-3-7-21(24)22-15-19(22)17-26-13-5-2-6-14-30-20-11-9-18-10-12-25(28)27-23(18)16-20/h3-4,7-9,11,16,19,22,26H,2,5-6,10,12-15,17H2,1H3,(H,27,28). The molecule has 4 rings (SSSR count). The van der Waals surface area contributed by atoms with Gasteiger partial charge in [0.15, 0.2) is 0 Å². The first-order valence-electron chi connectivity index (χ1n) is 11.1. The lowest BCUT2D eigenvalue weighted by Gasteiger charge is -2.17. The number of carbonyl (C=O) groups is 1. The van der Waals surface area contributed by atoms with E-state index in [1.807, 2.05) is 18.2 Å². The van der Waals surface area contributed by atoms with Gasteiger partial charge in [0.1, 0.15) is 11.5 Å². The van der Waals surface area contributed by atoms with Gasteiger partial charge < -0.3 is 20.1 Å². The van der Waals surface area contributed by atoms with E-state index in [1.165, 1.54) is 17.5 Å². The van der Waals surface area contributed by atoms with Gasteiger partial charge in [0.2, 0.25) is 5.91 Å². The Labute approximate surface area is 179 Å². The molecule has 160 valence electrons. The topological polar surface area (TPSA) is 59.6 Å². The van der Waals surface area contributed by atoms with Crippen LogP contribution in [0.25, 0.3) is 0 Å². The lowest BCUT2D eigenvalue weighted by Crippen LogP contribution is -2.19. The molecule has 2 aromatic rings. The van der Waals surface area contributed by atoms with Gasteiger partial charge in [-0.05, 0) is 80.3 Å². The number of unbranched alkanes of at least 4 members (excludes halogenated alkanes) is 2. The van der Waals surface area contributed by atoms with E-state index < -0.39 is 0 Å². The number of hydrogen-bond acceptors (Lipinski definition) is 4. The number of fused-ring (bicyclic) bond motifs is 1. The molecule has 1 heterocycles. The molecule has 0 saturated heterocycles. The molecule has 1 fully saturated rings. The first-order valence-corrected chi connectivity index (χ1v) is 11.1. The molecule has 2 unspecified atom stereocenters. The third kappa shape index (κ3) is 5.33. The first kappa shape index (κ1) is 20.7. The maximum atomic E-state index is 11.5. The zero-order valence-corrected chi connectivity index (χ0v) is 17.8. The van der Waals surface area contributed by atoms with E-state index in [-0.39, 0.29) is 5.91 Å². The van der Waals surface area contributed by atoms with Crippen LogP contribution in [0.3, 0.4) is 0 Å². The molecule has 2 aromatic carbocycles. The maximum absolute atomic E-state index is 11.5. The summed E-state index contributed by atoms with van der Waals surface area (Å²) in [6.07, 6.45) is 5.99. The summed E-state index contributed by atoms with van der Waals surface area (Å²) in [6.45, 7) is 2.85. The highest BCUT2D eigenvalue weighted by Crippen LogP contribution is 2.49. The minimum Gasteiger partial charge on any atom is -0.496 e. The van der Waals surface area contributed by atoms with Crippen LogP contribution in [0.2, 0.25) is 0 Å². The number of hydrogen-bond donors (Lipinski definition) is 2. The van der Waals surface area contributed by atoms with Crippen molar-refractivity contribution in [1.29, 1.82) is 0 Å². The fourth-order valence-electron chi connectivity index (χ4n) is 4.27. The van der Waals surface area contributed by atoms with Crippen molar-refractivity contribution in [2.75, 3.05) is 32.1 Å². The molecular formula is C25H32N2O3. The van der Waals surface area contributed by atoms with Gasteiger partial charge in [0, 0.05) is 18.2 Å². The van der Waals surface area contributed by atoms with E-state index >= 15 is 0 Å². The van der Waals surface area contributed by atoms with E-state index in [2.05, 4.69) is 34.9 Å². The Bertz CT molecular complexity index is 867. The number of benzene rings is 2. The normalized spacial score (nSPS) is 19.7. The fraction of sp³-hybridized carbons (Fsp3) is 0.480. The highest BCUT2D eigenvalue weighted by atomic mass is 16.5. The van der Waals surface area contributed by atoms with Gasteiger partial charge in [-0.2, -0.15) is 0 Å². The van der Waals surface area contributed by atoms with Gasteiger partial charge in [-0.1, -0.05) is 24.3 Å². The van der Waals surface area contributed by atoms with E-state index in [0.717, 1.165) is 61.9 Å². The number of amides is 1. The van der Waals surface area contributed by atoms with E-state index in [4.69, 9.17) is 9.47 Å². The van der Waals surface area contributed by atoms with Crippen molar-refractivity contribution in [2.45, 2.75) is 44.4 Å². The van der Waals surface area contributed by atoms with Gasteiger partial charge in [-0.3, -0.25) is 4.79 Å². The lowest BCUT2D eigenvalue weighted by atomic mass is 10.0. The quantitative estimate of drug-likeness (QED) is 0.537. The molecule has 1 aliphatic heterocycles. The fourth-order valence-corrected chi connectivity index (χ4v) is 4.27. The Kier molecular flexibility index (Phi) is 6.90. The average Bonchev–Trinajstić information content (AvgIpc) is 3.54. The highest BCUT2D eigenvalue weighted by molar-refractivity contribution is 5.94. The van der Waals surface area contributed by atoms with Crippen LogP contribution in [-0.4, -0.2) is 32.7 Å². The molecular weight excluding hydrogens is 376 g/mol. The average molecular weight is 409 g/mol. The minimum atomic E-state index is 0.0903. The Morgan fingerprint density at radius 2 is 2.00 bits per heavy atom.